The van der Waals surface area contributed by atoms with Gasteiger partial charge in [-0.1, -0.05) is 0 Å². The normalized spacial score (nSPS) is 19.7. The smallest absolute Gasteiger partial charge is 0.252 e. The first-order valence-corrected chi connectivity index (χ1v) is 5.52. The Hall–Kier alpha value is -0.710. The van der Waals surface area contributed by atoms with E-state index < -0.39 is 5.92 Å². The van der Waals surface area contributed by atoms with Gasteiger partial charge in [-0.15, -0.1) is 0 Å². The molecule has 0 amide bonds. The van der Waals surface area contributed by atoms with Gasteiger partial charge in [-0.05, 0) is 34.5 Å². The van der Waals surface area contributed by atoms with E-state index in [0.29, 0.717) is 5.82 Å². The number of halogens is 3. The summed E-state index contributed by atoms with van der Waals surface area (Å²) in [5.74, 6) is -1.82. The zero-order chi connectivity index (χ0) is 11.1. The van der Waals surface area contributed by atoms with Crippen molar-refractivity contribution in [3.63, 3.8) is 0 Å². The molecule has 1 heterocycles. The number of aromatic nitrogens is 1. The summed E-state index contributed by atoms with van der Waals surface area (Å²) in [7, 11) is 0. The maximum absolute atomic E-state index is 12.6. The van der Waals surface area contributed by atoms with Crippen molar-refractivity contribution in [1.29, 1.82) is 0 Å². The van der Waals surface area contributed by atoms with Crippen molar-refractivity contribution >= 4 is 21.7 Å². The summed E-state index contributed by atoms with van der Waals surface area (Å²) >= 11 is 3.33. The van der Waals surface area contributed by atoms with E-state index >= 15 is 0 Å². The minimum Gasteiger partial charge on any atom is -0.367 e. The second kappa shape index (κ2) is 3.70. The first kappa shape index (κ1) is 10.8. The highest BCUT2D eigenvalue weighted by atomic mass is 79.9. The van der Waals surface area contributed by atoms with Gasteiger partial charge >= 0.3 is 0 Å². The molecule has 82 valence electrons. The van der Waals surface area contributed by atoms with Crippen LogP contribution in [0.5, 0.6) is 0 Å². The lowest BCUT2D eigenvalue weighted by Gasteiger charge is -2.35. The molecular formula is C10H11BrF2N2. The van der Waals surface area contributed by atoms with Crippen LogP contribution >= 0.6 is 15.9 Å². The lowest BCUT2D eigenvalue weighted by molar-refractivity contribution is -0.0794. The standard InChI is InChI=1S/C10H11BrF2N2/c1-6-2-9(14-5-8(6)11)15-7-3-10(12,13)4-7/h2,5,7H,3-4H2,1H3,(H,14,15). The number of aryl methyl sites for hydroxylation is 1. The Balaban J connectivity index is 1.98. The minimum absolute atomic E-state index is 0.0935. The molecule has 0 spiro atoms. The van der Waals surface area contributed by atoms with Crippen LogP contribution in [-0.4, -0.2) is 16.9 Å². The van der Waals surface area contributed by atoms with Crippen molar-refractivity contribution in [1.82, 2.24) is 4.98 Å². The van der Waals surface area contributed by atoms with Gasteiger partial charge in [0.1, 0.15) is 5.82 Å². The summed E-state index contributed by atoms with van der Waals surface area (Å²) in [5.41, 5.74) is 1.04. The minimum atomic E-state index is -2.48. The van der Waals surface area contributed by atoms with Crippen molar-refractivity contribution in [2.75, 3.05) is 5.32 Å². The molecule has 5 heteroatoms. The largest absolute Gasteiger partial charge is 0.367 e. The van der Waals surface area contributed by atoms with Crippen molar-refractivity contribution in [3.05, 3.63) is 22.3 Å². The number of hydrogen-bond donors (Lipinski definition) is 1. The molecule has 1 N–H and O–H groups in total. The maximum atomic E-state index is 12.6. The van der Waals surface area contributed by atoms with Gasteiger partial charge < -0.3 is 5.32 Å². The molecule has 0 atom stereocenters. The highest BCUT2D eigenvalue weighted by Crippen LogP contribution is 2.38. The molecule has 0 aliphatic heterocycles. The van der Waals surface area contributed by atoms with Crippen molar-refractivity contribution in [3.8, 4) is 0 Å². The van der Waals surface area contributed by atoms with Crippen molar-refractivity contribution < 1.29 is 8.78 Å². The number of hydrogen-bond acceptors (Lipinski definition) is 2. The van der Waals surface area contributed by atoms with Crippen LogP contribution in [0.4, 0.5) is 14.6 Å². The highest BCUT2D eigenvalue weighted by molar-refractivity contribution is 9.10. The molecule has 0 saturated heterocycles. The first-order chi connectivity index (χ1) is 6.96. The zero-order valence-electron chi connectivity index (χ0n) is 8.23. The van der Waals surface area contributed by atoms with Gasteiger partial charge in [-0.25, -0.2) is 13.8 Å². The Bertz CT molecular complexity index is 374. The fourth-order valence-electron chi connectivity index (χ4n) is 1.59. The van der Waals surface area contributed by atoms with Crippen LogP contribution in [-0.2, 0) is 0 Å². The third-order valence-corrected chi connectivity index (χ3v) is 3.32. The monoisotopic (exact) mass is 276 g/mol. The lowest BCUT2D eigenvalue weighted by Crippen LogP contribution is -2.44. The molecule has 1 aliphatic carbocycles. The van der Waals surface area contributed by atoms with Gasteiger partial charge in [0.15, 0.2) is 0 Å². The number of alkyl halides is 2. The highest BCUT2D eigenvalue weighted by Gasteiger charge is 2.45. The molecule has 0 radical (unpaired) electrons. The van der Waals surface area contributed by atoms with Gasteiger partial charge in [0, 0.05) is 29.6 Å². The Morgan fingerprint density at radius 2 is 2.20 bits per heavy atom. The molecule has 2 rings (SSSR count). The number of anilines is 1. The van der Waals surface area contributed by atoms with Gasteiger partial charge in [0.25, 0.3) is 5.92 Å². The fraction of sp³-hybridized carbons (Fsp3) is 0.500. The SMILES string of the molecule is Cc1cc(NC2CC(F)(F)C2)ncc1Br. The van der Waals surface area contributed by atoms with Gasteiger partial charge in [-0.3, -0.25) is 0 Å². The summed E-state index contributed by atoms with van der Waals surface area (Å²) in [5, 5.41) is 2.99. The van der Waals surface area contributed by atoms with E-state index in [0.717, 1.165) is 10.0 Å². The third kappa shape index (κ3) is 2.45. The van der Waals surface area contributed by atoms with Gasteiger partial charge in [0.2, 0.25) is 0 Å². The number of rotatable bonds is 2. The molecule has 1 aliphatic rings. The zero-order valence-corrected chi connectivity index (χ0v) is 9.81. The van der Waals surface area contributed by atoms with Crippen LogP contribution in [0.15, 0.2) is 16.7 Å². The molecule has 15 heavy (non-hydrogen) atoms. The first-order valence-electron chi connectivity index (χ1n) is 4.73. The average Bonchev–Trinajstić information content (AvgIpc) is 2.08. The molecule has 1 saturated carbocycles. The van der Waals surface area contributed by atoms with Crippen LogP contribution in [0.2, 0.25) is 0 Å². The fourth-order valence-corrected chi connectivity index (χ4v) is 1.81. The van der Waals surface area contributed by atoms with E-state index in [2.05, 4.69) is 26.2 Å². The second-order valence-electron chi connectivity index (χ2n) is 3.92. The van der Waals surface area contributed by atoms with Crippen LogP contribution in [0, 0.1) is 6.92 Å². The molecule has 2 nitrogen and oxygen atoms in total. The van der Waals surface area contributed by atoms with Gasteiger partial charge in [-0.2, -0.15) is 0 Å². The summed E-state index contributed by atoms with van der Waals surface area (Å²) in [6.45, 7) is 1.94. The van der Waals surface area contributed by atoms with E-state index in [1.165, 1.54) is 0 Å². The summed E-state index contributed by atoms with van der Waals surface area (Å²) in [6, 6.07) is 1.70. The predicted octanol–water partition coefficient (Wildman–Crippen LogP) is 3.36. The summed E-state index contributed by atoms with van der Waals surface area (Å²) in [4.78, 5) is 4.11. The van der Waals surface area contributed by atoms with E-state index in [9.17, 15) is 8.78 Å². The molecule has 0 bridgehead atoms. The quantitative estimate of drug-likeness (QED) is 0.896. The van der Waals surface area contributed by atoms with E-state index in [4.69, 9.17) is 0 Å². The van der Waals surface area contributed by atoms with E-state index in [1.54, 1.807) is 6.20 Å². The van der Waals surface area contributed by atoms with Gasteiger partial charge in [0.05, 0.1) is 0 Å². The van der Waals surface area contributed by atoms with Crippen LogP contribution in [0.25, 0.3) is 0 Å². The molecule has 0 aromatic carbocycles. The Kier molecular flexibility index (Phi) is 2.66. The van der Waals surface area contributed by atoms with Crippen LogP contribution < -0.4 is 5.32 Å². The summed E-state index contributed by atoms with van der Waals surface area (Å²) < 4.78 is 26.1. The number of nitrogens with zero attached hydrogens (tertiary/aromatic N) is 1. The third-order valence-electron chi connectivity index (χ3n) is 2.49. The Morgan fingerprint density at radius 3 is 2.73 bits per heavy atom. The summed E-state index contributed by atoms with van der Waals surface area (Å²) in [6.07, 6.45) is 1.49. The van der Waals surface area contributed by atoms with E-state index in [1.807, 2.05) is 13.0 Å². The molecular weight excluding hydrogens is 266 g/mol. The number of pyridine rings is 1. The molecule has 1 aromatic rings. The topological polar surface area (TPSA) is 24.9 Å². The molecule has 1 aromatic heterocycles. The van der Waals surface area contributed by atoms with Crippen LogP contribution in [0.3, 0.4) is 0 Å². The lowest BCUT2D eigenvalue weighted by atomic mass is 9.88. The van der Waals surface area contributed by atoms with Crippen LogP contribution in [0.1, 0.15) is 18.4 Å². The average molecular weight is 277 g/mol. The predicted molar refractivity (Wildman–Crippen MR) is 58.3 cm³/mol. The number of nitrogens with one attached hydrogen (secondary N) is 1. The Morgan fingerprint density at radius 1 is 1.53 bits per heavy atom. The maximum Gasteiger partial charge on any atom is 0.252 e. The van der Waals surface area contributed by atoms with E-state index in [-0.39, 0.29) is 18.9 Å². The Labute approximate surface area is 95.2 Å². The van der Waals surface area contributed by atoms with Crippen molar-refractivity contribution in [2.45, 2.75) is 31.7 Å². The second-order valence-corrected chi connectivity index (χ2v) is 4.78. The molecule has 0 unspecified atom stereocenters. The molecule has 1 fully saturated rings. The van der Waals surface area contributed by atoms with Crippen molar-refractivity contribution in [2.24, 2.45) is 0 Å².